The maximum absolute atomic E-state index is 13.2. The van der Waals surface area contributed by atoms with Crippen LogP contribution in [0.3, 0.4) is 0 Å². The van der Waals surface area contributed by atoms with Crippen LogP contribution in [0.2, 0.25) is 0 Å². The fraction of sp³-hybridized carbons (Fsp3) is 0.0769. The van der Waals surface area contributed by atoms with Gasteiger partial charge in [0.2, 0.25) is 5.91 Å². The smallest absolute Gasteiger partial charge is 0.231 e. The molecular formula is C13H10F2N2O. The number of halogens is 2. The molecule has 1 aromatic heterocycles. The van der Waals surface area contributed by atoms with E-state index in [2.05, 4.69) is 4.98 Å². The van der Waals surface area contributed by atoms with E-state index in [1.54, 1.807) is 18.2 Å². The molecule has 0 aliphatic carbocycles. The number of carbonyl (C=O) groups excluding carboxylic acids is 1. The second-order valence-electron chi connectivity index (χ2n) is 3.76. The van der Waals surface area contributed by atoms with Gasteiger partial charge in [0.25, 0.3) is 0 Å². The molecule has 0 radical (unpaired) electrons. The number of aromatic nitrogens is 1. The number of nitrogens with two attached hydrogens (primary N) is 1. The third-order valence-corrected chi connectivity index (χ3v) is 2.55. The monoisotopic (exact) mass is 248 g/mol. The molecule has 92 valence electrons. The highest BCUT2D eigenvalue weighted by molar-refractivity contribution is 5.85. The van der Waals surface area contributed by atoms with Gasteiger partial charge in [0.1, 0.15) is 5.92 Å². The number of benzene rings is 1. The Labute approximate surface area is 102 Å². The van der Waals surface area contributed by atoms with Gasteiger partial charge in [-0.15, -0.1) is 0 Å². The van der Waals surface area contributed by atoms with Crippen molar-refractivity contribution in [2.24, 2.45) is 5.73 Å². The molecule has 5 heteroatoms. The summed E-state index contributed by atoms with van der Waals surface area (Å²) in [6.07, 6.45) is 1.51. The molecule has 0 saturated carbocycles. The molecule has 1 heterocycles. The summed E-state index contributed by atoms with van der Waals surface area (Å²) in [4.78, 5) is 15.5. The van der Waals surface area contributed by atoms with E-state index in [-0.39, 0.29) is 5.56 Å². The predicted molar refractivity (Wildman–Crippen MR) is 61.6 cm³/mol. The lowest BCUT2D eigenvalue weighted by Gasteiger charge is -2.13. The molecule has 0 fully saturated rings. The Kier molecular flexibility index (Phi) is 3.32. The number of primary amides is 1. The summed E-state index contributed by atoms with van der Waals surface area (Å²) in [5.74, 6) is -3.54. The van der Waals surface area contributed by atoms with Gasteiger partial charge in [-0.2, -0.15) is 0 Å². The SMILES string of the molecule is NC(=O)C(c1ccc(F)c(F)c1)c1ccccn1. The summed E-state index contributed by atoms with van der Waals surface area (Å²) in [5.41, 5.74) is 5.97. The normalized spacial score (nSPS) is 12.1. The van der Waals surface area contributed by atoms with Crippen LogP contribution in [-0.4, -0.2) is 10.9 Å². The Balaban J connectivity index is 2.49. The fourth-order valence-electron chi connectivity index (χ4n) is 1.72. The van der Waals surface area contributed by atoms with Crippen LogP contribution in [-0.2, 0) is 4.79 Å². The van der Waals surface area contributed by atoms with Crippen LogP contribution >= 0.6 is 0 Å². The molecule has 2 N–H and O–H groups in total. The molecular weight excluding hydrogens is 238 g/mol. The van der Waals surface area contributed by atoms with E-state index in [9.17, 15) is 13.6 Å². The maximum atomic E-state index is 13.2. The zero-order valence-electron chi connectivity index (χ0n) is 9.31. The third kappa shape index (κ3) is 2.34. The Morgan fingerprint density at radius 1 is 1.17 bits per heavy atom. The Bertz CT molecular complexity index is 572. The molecule has 0 spiro atoms. The van der Waals surface area contributed by atoms with Gasteiger partial charge < -0.3 is 5.73 Å². The van der Waals surface area contributed by atoms with Crippen LogP contribution in [0, 0.1) is 11.6 Å². The summed E-state index contributed by atoms with van der Waals surface area (Å²) < 4.78 is 26.0. The highest BCUT2D eigenvalue weighted by Crippen LogP contribution is 2.24. The van der Waals surface area contributed by atoms with E-state index in [0.717, 1.165) is 12.1 Å². The van der Waals surface area contributed by atoms with E-state index in [1.807, 2.05) is 0 Å². The van der Waals surface area contributed by atoms with E-state index < -0.39 is 23.5 Å². The van der Waals surface area contributed by atoms with Gasteiger partial charge in [0, 0.05) is 6.20 Å². The number of hydrogen-bond donors (Lipinski definition) is 1. The Morgan fingerprint density at radius 3 is 2.50 bits per heavy atom. The van der Waals surface area contributed by atoms with Crippen molar-refractivity contribution in [3.63, 3.8) is 0 Å². The zero-order valence-corrected chi connectivity index (χ0v) is 9.31. The van der Waals surface area contributed by atoms with E-state index >= 15 is 0 Å². The molecule has 1 unspecified atom stereocenters. The highest BCUT2D eigenvalue weighted by Gasteiger charge is 2.22. The van der Waals surface area contributed by atoms with Gasteiger partial charge in [-0.3, -0.25) is 9.78 Å². The Hall–Kier alpha value is -2.30. The topological polar surface area (TPSA) is 56.0 Å². The van der Waals surface area contributed by atoms with Crippen molar-refractivity contribution in [3.8, 4) is 0 Å². The van der Waals surface area contributed by atoms with Crippen LogP contribution in [0.15, 0.2) is 42.6 Å². The lowest BCUT2D eigenvalue weighted by molar-refractivity contribution is -0.118. The molecule has 0 aliphatic heterocycles. The molecule has 0 aliphatic rings. The second kappa shape index (κ2) is 4.91. The molecule has 1 atom stereocenters. The van der Waals surface area contributed by atoms with Gasteiger partial charge in [0.15, 0.2) is 11.6 Å². The fourth-order valence-corrected chi connectivity index (χ4v) is 1.72. The first kappa shape index (κ1) is 12.2. The molecule has 3 nitrogen and oxygen atoms in total. The average molecular weight is 248 g/mol. The van der Waals surface area contributed by atoms with E-state index in [1.165, 1.54) is 12.3 Å². The summed E-state index contributed by atoms with van der Waals surface area (Å²) >= 11 is 0. The molecule has 2 rings (SSSR count). The van der Waals surface area contributed by atoms with Crippen molar-refractivity contribution >= 4 is 5.91 Å². The minimum atomic E-state index is -1.02. The number of hydrogen-bond acceptors (Lipinski definition) is 2. The first-order valence-corrected chi connectivity index (χ1v) is 5.25. The van der Waals surface area contributed by atoms with Crippen LogP contribution in [0.4, 0.5) is 8.78 Å². The average Bonchev–Trinajstić information content (AvgIpc) is 2.35. The van der Waals surface area contributed by atoms with Crippen molar-refractivity contribution in [1.29, 1.82) is 0 Å². The number of amides is 1. The standard InChI is InChI=1S/C13H10F2N2O/c14-9-5-4-8(7-10(9)15)12(13(16)18)11-3-1-2-6-17-11/h1-7,12H,(H2,16,18). The Morgan fingerprint density at radius 2 is 1.94 bits per heavy atom. The minimum Gasteiger partial charge on any atom is -0.369 e. The van der Waals surface area contributed by atoms with E-state index in [0.29, 0.717) is 5.69 Å². The quantitative estimate of drug-likeness (QED) is 0.902. The second-order valence-corrected chi connectivity index (χ2v) is 3.76. The summed E-state index contributed by atoms with van der Waals surface area (Å²) in [6, 6.07) is 8.23. The molecule has 1 aromatic carbocycles. The van der Waals surface area contributed by atoms with Crippen molar-refractivity contribution in [2.45, 2.75) is 5.92 Å². The third-order valence-electron chi connectivity index (χ3n) is 2.55. The van der Waals surface area contributed by atoms with Crippen LogP contribution in [0.5, 0.6) is 0 Å². The minimum absolute atomic E-state index is 0.278. The number of pyridine rings is 1. The van der Waals surface area contributed by atoms with Crippen LogP contribution in [0.1, 0.15) is 17.2 Å². The lowest BCUT2D eigenvalue weighted by atomic mass is 9.94. The number of nitrogens with zero attached hydrogens (tertiary/aromatic N) is 1. The van der Waals surface area contributed by atoms with Crippen molar-refractivity contribution in [3.05, 3.63) is 65.5 Å². The molecule has 0 saturated heterocycles. The summed E-state index contributed by atoms with van der Waals surface area (Å²) in [6.45, 7) is 0. The lowest BCUT2D eigenvalue weighted by Crippen LogP contribution is -2.23. The van der Waals surface area contributed by atoms with Crippen LogP contribution in [0.25, 0.3) is 0 Å². The zero-order chi connectivity index (χ0) is 13.1. The molecule has 18 heavy (non-hydrogen) atoms. The van der Waals surface area contributed by atoms with Crippen molar-refractivity contribution < 1.29 is 13.6 Å². The van der Waals surface area contributed by atoms with Gasteiger partial charge in [-0.05, 0) is 29.8 Å². The summed E-state index contributed by atoms with van der Waals surface area (Å²) in [5, 5.41) is 0. The maximum Gasteiger partial charge on any atom is 0.231 e. The highest BCUT2D eigenvalue weighted by atomic mass is 19.2. The summed E-state index contributed by atoms with van der Waals surface area (Å²) in [7, 11) is 0. The van der Waals surface area contributed by atoms with Gasteiger partial charge >= 0.3 is 0 Å². The van der Waals surface area contributed by atoms with Crippen molar-refractivity contribution in [2.75, 3.05) is 0 Å². The predicted octanol–water partition coefficient (Wildman–Crippen LogP) is 1.98. The van der Waals surface area contributed by atoms with Crippen molar-refractivity contribution in [1.82, 2.24) is 4.98 Å². The van der Waals surface area contributed by atoms with Crippen LogP contribution < -0.4 is 5.73 Å². The number of carbonyl (C=O) groups is 1. The molecule has 2 aromatic rings. The first-order chi connectivity index (χ1) is 8.59. The molecule has 1 amide bonds. The largest absolute Gasteiger partial charge is 0.369 e. The van der Waals surface area contributed by atoms with Gasteiger partial charge in [0.05, 0.1) is 5.69 Å². The first-order valence-electron chi connectivity index (χ1n) is 5.25. The van der Waals surface area contributed by atoms with Gasteiger partial charge in [-0.25, -0.2) is 8.78 Å². The molecule has 0 bridgehead atoms. The number of rotatable bonds is 3. The van der Waals surface area contributed by atoms with E-state index in [4.69, 9.17) is 5.73 Å². The van der Waals surface area contributed by atoms with Gasteiger partial charge in [-0.1, -0.05) is 12.1 Å².